The summed E-state index contributed by atoms with van der Waals surface area (Å²) >= 11 is 0. The van der Waals surface area contributed by atoms with Crippen molar-refractivity contribution < 1.29 is 24.2 Å². The minimum atomic E-state index is -1.20. The topological polar surface area (TPSA) is 105 Å². The summed E-state index contributed by atoms with van der Waals surface area (Å²) in [7, 11) is 0. The Morgan fingerprint density at radius 2 is 1.69 bits per heavy atom. The number of carbonyl (C=O) groups excluding carboxylic acids is 2. The number of halogens is 1. The molecular weight excluding hydrogens is 379 g/mol. The first kappa shape index (κ1) is 19.2. The lowest BCUT2D eigenvalue weighted by Crippen LogP contribution is -2.59. The summed E-state index contributed by atoms with van der Waals surface area (Å²) in [6.07, 6.45) is 3.57. The van der Waals surface area contributed by atoms with E-state index in [2.05, 4.69) is 10.6 Å². The molecular formula is C20H27FN4O4. The number of carbonyl (C=O) groups is 2. The molecule has 29 heavy (non-hydrogen) atoms. The molecule has 0 saturated carbocycles. The Hall–Kier alpha value is -1.81. The van der Waals surface area contributed by atoms with Crippen LogP contribution in [0.25, 0.3) is 0 Å². The van der Waals surface area contributed by atoms with Crippen molar-refractivity contribution in [1.29, 1.82) is 0 Å². The average Bonchev–Trinajstić information content (AvgIpc) is 2.90. The van der Waals surface area contributed by atoms with Crippen molar-refractivity contribution in [2.75, 3.05) is 26.2 Å². The van der Waals surface area contributed by atoms with Crippen LogP contribution in [0.15, 0.2) is 23.7 Å². The molecule has 0 radical (unpaired) electrons. The maximum absolute atomic E-state index is 14.9. The largest absolute Gasteiger partial charge is 0.379 e. The van der Waals surface area contributed by atoms with Gasteiger partial charge < -0.3 is 20.4 Å². The fourth-order valence-electron chi connectivity index (χ4n) is 5.52. The number of nitrogens with zero attached hydrogens (tertiary/aromatic N) is 2. The highest BCUT2D eigenvalue weighted by molar-refractivity contribution is 6.07. The lowest BCUT2D eigenvalue weighted by Gasteiger charge is -2.54. The number of nitrogens with one attached hydrogen (secondary N) is 2. The number of piperidine rings is 2. The van der Waals surface area contributed by atoms with Crippen LogP contribution in [0, 0.1) is 17.3 Å². The second-order valence-corrected chi connectivity index (χ2v) is 9.04. The fraction of sp³-hybridized carbons (Fsp3) is 0.700. The lowest BCUT2D eigenvalue weighted by atomic mass is 9.71. The number of amides is 2. The number of aliphatic hydroxyl groups excluding tert-OH is 2. The van der Waals surface area contributed by atoms with Crippen LogP contribution in [0.1, 0.15) is 25.7 Å². The van der Waals surface area contributed by atoms with Gasteiger partial charge in [-0.05, 0) is 50.9 Å². The van der Waals surface area contributed by atoms with Crippen molar-refractivity contribution in [3.63, 3.8) is 0 Å². The summed E-state index contributed by atoms with van der Waals surface area (Å²) in [6.45, 7) is 3.50. The van der Waals surface area contributed by atoms with Crippen molar-refractivity contribution in [2.24, 2.45) is 17.3 Å². The smallest absolute Gasteiger partial charge is 0.237 e. The van der Waals surface area contributed by atoms with Gasteiger partial charge in [0.25, 0.3) is 0 Å². The monoisotopic (exact) mass is 406 g/mol. The van der Waals surface area contributed by atoms with Crippen LogP contribution in [-0.4, -0.2) is 76.5 Å². The Morgan fingerprint density at radius 1 is 1.03 bits per heavy atom. The Morgan fingerprint density at radius 3 is 2.34 bits per heavy atom. The van der Waals surface area contributed by atoms with E-state index < -0.39 is 48.0 Å². The fourth-order valence-corrected chi connectivity index (χ4v) is 5.52. The van der Waals surface area contributed by atoms with Crippen LogP contribution in [0.2, 0.25) is 0 Å². The third kappa shape index (κ3) is 3.02. The molecule has 4 N–H and O–H groups in total. The molecule has 2 amide bonds. The second kappa shape index (κ2) is 6.87. The summed E-state index contributed by atoms with van der Waals surface area (Å²) in [6, 6.07) is -0.751. The Balaban J connectivity index is 1.34. The number of hydrogen-bond acceptors (Lipinski definition) is 7. The van der Waals surface area contributed by atoms with Gasteiger partial charge in [-0.3, -0.25) is 19.8 Å². The van der Waals surface area contributed by atoms with Crippen LogP contribution in [0.5, 0.6) is 0 Å². The highest BCUT2D eigenvalue weighted by Crippen LogP contribution is 2.45. The van der Waals surface area contributed by atoms with Crippen molar-refractivity contribution in [3.8, 4) is 0 Å². The summed E-state index contributed by atoms with van der Waals surface area (Å²) < 4.78 is 14.9. The molecule has 5 rings (SSSR count). The molecule has 4 saturated heterocycles. The van der Waals surface area contributed by atoms with Crippen molar-refractivity contribution in [1.82, 2.24) is 20.4 Å². The molecule has 158 valence electrons. The van der Waals surface area contributed by atoms with Gasteiger partial charge in [0.15, 0.2) is 0 Å². The number of fused-ring (bicyclic) bond motifs is 1. The van der Waals surface area contributed by atoms with Gasteiger partial charge in [0.05, 0.1) is 23.6 Å². The molecule has 4 aliphatic heterocycles. The number of allylic oxidation sites excluding steroid dienone is 1. The van der Waals surface area contributed by atoms with Gasteiger partial charge in [-0.2, -0.15) is 0 Å². The maximum Gasteiger partial charge on any atom is 0.237 e. The Kier molecular flexibility index (Phi) is 4.54. The van der Waals surface area contributed by atoms with E-state index in [4.69, 9.17) is 0 Å². The highest BCUT2D eigenvalue weighted by atomic mass is 19.1. The quantitative estimate of drug-likeness (QED) is 0.455. The van der Waals surface area contributed by atoms with Crippen LogP contribution in [0.3, 0.4) is 0 Å². The first-order valence-electron chi connectivity index (χ1n) is 10.4. The van der Waals surface area contributed by atoms with Gasteiger partial charge in [0.2, 0.25) is 11.8 Å². The summed E-state index contributed by atoms with van der Waals surface area (Å²) in [5.41, 5.74) is 0.639. The molecule has 1 spiro atoms. The average molecular weight is 406 g/mol. The molecule has 4 heterocycles. The maximum atomic E-state index is 14.9. The van der Waals surface area contributed by atoms with Crippen LogP contribution >= 0.6 is 0 Å². The molecule has 5 aliphatic rings. The SMILES string of the molecule is O=C1C2C=C(F)C(N3CC4(CCNCC4)C3)=CC2C(=O)N1C1CCC(O)NC1O. The summed E-state index contributed by atoms with van der Waals surface area (Å²) in [4.78, 5) is 28.9. The minimum Gasteiger partial charge on any atom is -0.379 e. The molecule has 8 nitrogen and oxygen atoms in total. The second-order valence-electron chi connectivity index (χ2n) is 9.04. The lowest BCUT2D eigenvalue weighted by molar-refractivity contribution is -0.149. The van der Waals surface area contributed by atoms with Crippen LogP contribution in [-0.2, 0) is 9.59 Å². The standard InChI is InChI=1S/C20H27FN4O4/c21-13-7-11-12(8-15(13)24-9-20(10-24)3-5-22-6-4-20)19(29)25(18(11)28)14-1-2-16(26)23-17(14)27/h7-8,11-12,14,16-17,22-23,26-27H,1-6,9-10H2. The molecule has 0 aromatic carbocycles. The first-order chi connectivity index (χ1) is 13.9. The predicted octanol–water partition coefficient (Wildman–Crippen LogP) is -0.587. The van der Waals surface area contributed by atoms with E-state index in [1.807, 2.05) is 4.90 Å². The molecule has 5 unspecified atom stereocenters. The zero-order chi connectivity index (χ0) is 20.3. The molecule has 5 atom stereocenters. The summed E-state index contributed by atoms with van der Waals surface area (Å²) in [5.74, 6) is -2.93. The Bertz CT molecular complexity index is 785. The predicted molar refractivity (Wildman–Crippen MR) is 100 cm³/mol. The molecule has 0 aromatic rings. The van der Waals surface area contributed by atoms with E-state index in [0.29, 0.717) is 18.5 Å². The van der Waals surface area contributed by atoms with E-state index in [1.165, 1.54) is 6.08 Å². The normalized spacial score (nSPS) is 39.2. The number of likely N-dealkylation sites (tertiary alicyclic amines) is 2. The van der Waals surface area contributed by atoms with E-state index >= 15 is 0 Å². The zero-order valence-electron chi connectivity index (χ0n) is 16.2. The number of rotatable bonds is 2. The van der Waals surface area contributed by atoms with Crippen molar-refractivity contribution in [2.45, 2.75) is 44.2 Å². The third-order valence-electron chi connectivity index (χ3n) is 7.19. The van der Waals surface area contributed by atoms with Crippen molar-refractivity contribution >= 4 is 11.8 Å². The van der Waals surface area contributed by atoms with E-state index in [0.717, 1.165) is 43.9 Å². The van der Waals surface area contributed by atoms with Crippen molar-refractivity contribution in [3.05, 3.63) is 23.7 Å². The molecule has 1 aliphatic carbocycles. The van der Waals surface area contributed by atoms with Gasteiger partial charge in [0.1, 0.15) is 18.3 Å². The third-order valence-corrected chi connectivity index (χ3v) is 7.19. The Labute approximate surface area is 168 Å². The van der Waals surface area contributed by atoms with Gasteiger partial charge in [0, 0.05) is 18.5 Å². The zero-order valence-corrected chi connectivity index (χ0v) is 16.2. The van der Waals surface area contributed by atoms with Gasteiger partial charge in [-0.1, -0.05) is 0 Å². The van der Waals surface area contributed by atoms with Gasteiger partial charge in [-0.25, -0.2) is 4.39 Å². The highest BCUT2D eigenvalue weighted by Gasteiger charge is 2.53. The first-order valence-corrected chi connectivity index (χ1v) is 10.4. The van der Waals surface area contributed by atoms with Gasteiger partial charge >= 0.3 is 0 Å². The van der Waals surface area contributed by atoms with Crippen LogP contribution in [0.4, 0.5) is 4.39 Å². The molecule has 0 bridgehead atoms. The van der Waals surface area contributed by atoms with E-state index in [-0.39, 0.29) is 5.41 Å². The van der Waals surface area contributed by atoms with E-state index in [1.54, 1.807) is 6.08 Å². The molecule has 9 heteroatoms. The van der Waals surface area contributed by atoms with Gasteiger partial charge in [-0.15, -0.1) is 0 Å². The van der Waals surface area contributed by atoms with E-state index in [9.17, 15) is 24.2 Å². The van der Waals surface area contributed by atoms with Crippen LogP contribution < -0.4 is 10.6 Å². The summed E-state index contributed by atoms with van der Waals surface area (Å²) in [5, 5.41) is 25.7. The minimum absolute atomic E-state index is 0.226. The number of imide groups is 1. The molecule has 4 fully saturated rings. The molecule has 0 aromatic heterocycles. The number of hydrogen-bond donors (Lipinski definition) is 4. The number of aliphatic hydroxyl groups is 2.